The third kappa shape index (κ3) is 1.63. The predicted octanol–water partition coefficient (Wildman–Crippen LogP) is 1.76. The van der Waals surface area contributed by atoms with Crippen LogP contribution in [0.4, 0.5) is 4.39 Å². The Hall–Kier alpha value is -1.95. The average molecular weight is 242 g/mol. The lowest BCUT2D eigenvalue weighted by Gasteiger charge is -2.02. The van der Waals surface area contributed by atoms with Crippen molar-refractivity contribution in [3.8, 4) is 5.69 Å². The van der Waals surface area contributed by atoms with Gasteiger partial charge in [0.05, 0.1) is 0 Å². The first kappa shape index (κ1) is 10.6. The maximum Gasteiger partial charge on any atom is 0.359 e. The van der Waals surface area contributed by atoms with Crippen molar-refractivity contribution in [2.45, 2.75) is 0 Å². The molecule has 5 nitrogen and oxygen atoms in total. The van der Waals surface area contributed by atoms with Crippen molar-refractivity contribution in [3.05, 3.63) is 40.9 Å². The number of halogens is 2. The van der Waals surface area contributed by atoms with Crippen LogP contribution in [-0.2, 0) is 0 Å². The minimum absolute atomic E-state index is 0.0486. The van der Waals surface area contributed by atoms with Gasteiger partial charge in [-0.2, -0.15) is 4.68 Å². The van der Waals surface area contributed by atoms with Gasteiger partial charge in [-0.3, -0.25) is 0 Å². The van der Waals surface area contributed by atoms with Crippen LogP contribution in [0.3, 0.4) is 0 Å². The quantitative estimate of drug-likeness (QED) is 0.870. The normalized spacial score (nSPS) is 10.4. The molecular weight excluding hydrogens is 237 g/mol. The number of aromatic carboxylic acids is 1. The minimum Gasteiger partial charge on any atom is -0.476 e. The Labute approximate surface area is 94.1 Å². The topological polar surface area (TPSA) is 68.0 Å². The van der Waals surface area contributed by atoms with E-state index in [9.17, 15) is 9.18 Å². The summed E-state index contributed by atoms with van der Waals surface area (Å²) >= 11 is 5.72. The van der Waals surface area contributed by atoms with Crippen LogP contribution in [0, 0.1) is 5.82 Å². The Morgan fingerprint density at radius 1 is 1.44 bits per heavy atom. The molecule has 0 radical (unpaired) electrons. The molecule has 0 spiro atoms. The molecule has 2 aromatic rings. The molecule has 0 saturated carbocycles. The van der Waals surface area contributed by atoms with Crippen LogP contribution >= 0.6 is 11.6 Å². The van der Waals surface area contributed by atoms with Crippen molar-refractivity contribution in [2.75, 3.05) is 0 Å². The lowest BCUT2D eigenvalue weighted by molar-refractivity contribution is 0.0690. The van der Waals surface area contributed by atoms with Gasteiger partial charge in [0.25, 0.3) is 0 Å². The SMILES string of the molecule is O=C(O)c1nnn(-c2ccccc2F)c1Cl. The van der Waals surface area contributed by atoms with Gasteiger partial charge >= 0.3 is 5.97 Å². The standard InChI is InChI=1S/C9H5ClFN3O2/c10-8-7(9(15)16)12-13-14(8)6-4-2-1-3-5(6)11/h1-4H,(H,15,16). The monoisotopic (exact) mass is 241 g/mol. The van der Waals surface area contributed by atoms with Crippen LogP contribution < -0.4 is 0 Å². The Kier molecular flexibility index (Phi) is 2.57. The number of benzene rings is 1. The van der Waals surface area contributed by atoms with Crippen LogP contribution in [-0.4, -0.2) is 26.1 Å². The molecule has 0 aliphatic rings. The van der Waals surface area contributed by atoms with E-state index < -0.39 is 17.5 Å². The Bertz CT molecular complexity index is 555. The number of carboxylic acid groups (broad SMARTS) is 1. The molecule has 82 valence electrons. The van der Waals surface area contributed by atoms with Gasteiger partial charge in [-0.05, 0) is 12.1 Å². The molecule has 2 rings (SSSR count). The van der Waals surface area contributed by atoms with Gasteiger partial charge in [-0.1, -0.05) is 28.9 Å². The number of hydrogen-bond acceptors (Lipinski definition) is 3. The molecule has 0 unspecified atom stereocenters. The van der Waals surface area contributed by atoms with Crippen LogP contribution in [0.1, 0.15) is 10.5 Å². The van der Waals surface area contributed by atoms with Gasteiger partial charge in [0, 0.05) is 0 Å². The minimum atomic E-state index is -1.31. The van der Waals surface area contributed by atoms with Crippen molar-refractivity contribution >= 4 is 17.6 Å². The predicted molar refractivity (Wildman–Crippen MR) is 53.3 cm³/mol. The van der Waals surface area contributed by atoms with Crippen molar-refractivity contribution in [2.24, 2.45) is 0 Å². The summed E-state index contributed by atoms with van der Waals surface area (Å²) in [5, 5.41) is 15.3. The molecule has 0 aliphatic carbocycles. The third-order valence-corrected chi connectivity index (χ3v) is 2.24. The Balaban J connectivity index is 2.58. The molecule has 0 atom stereocenters. The molecule has 1 aromatic carbocycles. The molecule has 7 heteroatoms. The second-order valence-electron chi connectivity index (χ2n) is 2.90. The highest BCUT2D eigenvalue weighted by Gasteiger charge is 2.19. The molecule has 1 aromatic heterocycles. The van der Waals surface area contributed by atoms with Crippen LogP contribution in [0.5, 0.6) is 0 Å². The fourth-order valence-corrected chi connectivity index (χ4v) is 1.42. The highest BCUT2D eigenvalue weighted by Crippen LogP contribution is 2.19. The lowest BCUT2D eigenvalue weighted by atomic mass is 10.3. The molecule has 0 fully saturated rings. The largest absolute Gasteiger partial charge is 0.476 e. The van der Waals surface area contributed by atoms with Crippen molar-refractivity contribution in [1.29, 1.82) is 0 Å². The van der Waals surface area contributed by atoms with E-state index in [-0.39, 0.29) is 10.8 Å². The van der Waals surface area contributed by atoms with Gasteiger partial charge in [-0.15, -0.1) is 5.10 Å². The van der Waals surface area contributed by atoms with E-state index in [1.54, 1.807) is 6.07 Å². The van der Waals surface area contributed by atoms with Crippen molar-refractivity contribution in [1.82, 2.24) is 15.0 Å². The second kappa shape index (κ2) is 3.90. The van der Waals surface area contributed by atoms with Crippen LogP contribution in [0.2, 0.25) is 5.15 Å². The molecule has 0 saturated heterocycles. The first-order valence-corrected chi connectivity index (χ1v) is 4.58. The third-order valence-electron chi connectivity index (χ3n) is 1.90. The van der Waals surface area contributed by atoms with Gasteiger partial charge in [0.15, 0.2) is 5.15 Å². The summed E-state index contributed by atoms with van der Waals surface area (Å²) in [4.78, 5) is 10.7. The van der Waals surface area contributed by atoms with Gasteiger partial charge in [-0.25, -0.2) is 9.18 Å². The van der Waals surface area contributed by atoms with Crippen LogP contribution in [0.15, 0.2) is 24.3 Å². The van der Waals surface area contributed by atoms with Gasteiger partial charge < -0.3 is 5.11 Å². The van der Waals surface area contributed by atoms with E-state index in [0.717, 1.165) is 4.68 Å². The van der Waals surface area contributed by atoms with E-state index in [1.807, 2.05) is 0 Å². The zero-order valence-electron chi connectivity index (χ0n) is 7.76. The number of hydrogen-bond donors (Lipinski definition) is 1. The van der Waals surface area contributed by atoms with Crippen molar-refractivity contribution in [3.63, 3.8) is 0 Å². The number of para-hydroxylation sites is 1. The summed E-state index contributed by atoms with van der Waals surface area (Å²) < 4.78 is 14.3. The van der Waals surface area contributed by atoms with Gasteiger partial charge in [0.1, 0.15) is 11.5 Å². The molecule has 1 N–H and O–H groups in total. The first-order valence-electron chi connectivity index (χ1n) is 4.20. The average Bonchev–Trinajstić information content (AvgIpc) is 2.61. The zero-order valence-corrected chi connectivity index (χ0v) is 8.52. The van der Waals surface area contributed by atoms with E-state index in [2.05, 4.69) is 10.3 Å². The maximum absolute atomic E-state index is 13.4. The lowest BCUT2D eigenvalue weighted by Crippen LogP contribution is -2.01. The summed E-state index contributed by atoms with van der Waals surface area (Å²) in [5.74, 6) is -1.88. The Morgan fingerprint density at radius 2 is 2.12 bits per heavy atom. The maximum atomic E-state index is 13.4. The highest BCUT2D eigenvalue weighted by molar-refractivity contribution is 6.32. The number of rotatable bonds is 2. The molecule has 0 amide bonds. The summed E-state index contributed by atoms with van der Waals surface area (Å²) in [7, 11) is 0. The number of aromatic nitrogens is 3. The zero-order chi connectivity index (χ0) is 11.7. The van der Waals surface area contributed by atoms with Gasteiger partial charge in [0.2, 0.25) is 5.69 Å². The summed E-state index contributed by atoms with van der Waals surface area (Å²) in [6, 6.07) is 5.72. The number of carbonyl (C=O) groups is 1. The summed E-state index contributed by atoms with van der Waals surface area (Å²) in [5.41, 5.74) is -0.364. The van der Waals surface area contributed by atoms with Crippen LogP contribution in [0.25, 0.3) is 5.69 Å². The summed E-state index contributed by atoms with van der Waals surface area (Å²) in [6.45, 7) is 0. The fraction of sp³-hybridized carbons (Fsp3) is 0. The van der Waals surface area contributed by atoms with E-state index in [0.29, 0.717) is 0 Å². The molecule has 0 bridgehead atoms. The molecule has 16 heavy (non-hydrogen) atoms. The highest BCUT2D eigenvalue weighted by atomic mass is 35.5. The smallest absolute Gasteiger partial charge is 0.359 e. The fourth-order valence-electron chi connectivity index (χ4n) is 1.18. The number of carboxylic acids is 1. The van der Waals surface area contributed by atoms with E-state index in [1.165, 1.54) is 18.2 Å². The first-order chi connectivity index (χ1) is 7.61. The molecule has 0 aliphatic heterocycles. The Morgan fingerprint density at radius 3 is 2.69 bits per heavy atom. The van der Waals surface area contributed by atoms with E-state index in [4.69, 9.17) is 16.7 Å². The second-order valence-corrected chi connectivity index (χ2v) is 3.26. The summed E-state index contributed by atoms with van der Waals surface area (Å²) in [6.07, 6.45) is 0. The molecule has 1 heterocycles. The van der Waals surface area contributed by atoms with E-state index >= 15 is 0 Å². The number of nitrogens with zero attached hydrogens (tertiary/aromatic N) is 3. The van der Waals surface area contributed by atoms with Crippen molar-refractivity contribution < 1.29 is 14.3 Å². The molecular formula is C9H5ClFN3O2.